The van der Waals surface area contributed by atoms with Crippen molar-refractivity contribution in [2.24, 2.45) is 0 Å². The summed E-state index contributed by atoms with van der Waals surface area (Å²) in [5.41, 5.74) is -0.701. The molecule has 0 bridgehead atoms. The third kappa shape index (κ3) is 5.27. The summed E-state index contributed by atoms with van der Waals surface area (Å²) in [6, 6.07) is 5.20. The molecule has 3 nitrogen and oxygen atoms in total. The van der Waals surface area contributed by atoms with Crippen LogP contribution in [0.3, 0.4) is 0 Å². The molecule has 0 fully saturated rings. The summed E-state index contributed by atoms with van der Waals surface area (Å²) in [6.07, 6.45) is -9.53. The molecule has 0 aliphatic carbocycles. The first-order valence-electron chi connectivity index (χ1n) is 8.05. The molecular weight excluding hydrogens is 497 g/mol. The Labute approximate surface area is 177 Å². The van der Waals surface area contributed by atoms with Crippen molar-refractivity contribution >= 4 is 17.6 Å². The van der Waals surface area contributed by atoms with Gasteiger partial charge in [-0.1, -0.05) is 30.3 Å². The number of benzene rings is 1. The minimum absolute atomic E-state index is 0.134. The third-order valence-electron chi connectivity index (χ3n) is 3.97. The normalized spacial score (nSPS) is 14.8. The van der Waals surface area contributed by atoms with Crippen molar-refractivity contribution in [3.8, 4) is 0 Å². The first-order valence-corrected chi connectivity index (χ1v) is 8.43. The van der Waals surface area contributed by atoms with Crippen molar-refractivity contribution < 1.29 is 62.9 Å². The van der Waals surface area contributed by atoms with Gasteiger partial charge in [0.25, 0.3) is 0 Å². The lowest BCUT2D eigenvalue weighted by Gasteiger charge is -2.36. The number of hydrogen-bond donors (Lipinski definition) is 1. The second kappa shape index (κ2) is 9.04. The van der Waals surface area contributed by atoms with E-state index < -0.39 is 60.5 Å². The number of alkyl halides is 11. The molecule has 0 aliphatic rings. The summed E-state index contributed by atoms with van der Waals surface area (Å²) in [6.45, 7) is 0.0232. The Balaban J connectivity index is 2.90. The number of ether oxygens (including phenoxy) is 1. The molecule has 0 spiro atoms. The van der Waals surface area contributed by atoms with Gasteiger partial charge in [0.05, 0.1) is 6.10 Å². The predicted octanol–water partition coefficient (Wildman–Crippen LogP) is 5.97. The summed E-state index contributed by atoms with van der Waals surface area (Å²) in [7, 11) is 0. The van der Waals surface area contributed by atoms with Gasteiger partial charge in [-0.05, 0) is 17.7 Å². The highest BCUT2D eigenvalue weighted by molar-refractivity contribution is 6.30. The van der Waals surface area contributed by atoms with Gasteiger partial charge in [-0.25, -0.2) is 4.79 Å². The molecule has 182 valence electrons. The molecule has 15 heteroatoms. The Kier molecular flexibility index (Phi) is 7.89. The number of hydrogen-bond acceptors (Lipinski definition) is 3. The number of carbonyl (C=O) groups is 1. The average Bonchev–Trinajstić information content (AvgIpc) is 2.65. The van der Waals surface area contributed by atoms with Crippen LogP contribution >= 0.6 is 11.6 Å². The first kappa shape index (κ1) is 27.9. The zero-order valence-corrected chi connectivity index (χ0v) is 16.1. The standard InChI is InChI=1S/C17H12ClF11O3/c1-8(6-11(30)9-2-4-10(18)5-3-9)12(31)32-7-13(19,20)14(21,22)15(23,24)16(25,26)17(27,28)29/h2-5,11,30H,1,6-7H2. The van der Waals surface area contributed by atoms with Crippen LogP contribution in [-0.4, -0.2) is 47.5 Å². The van der Waals surface area contributed by atoms with Crippen LogP contribution in [0.4, 0.5) is 48.3 Å². The molecule has 0 aromatic heterocycles. The van der Waals surface area contributed by atoms with Gasteiger partial charge in [-0.15, -0.1) is 0 Å². The van der Waals surface area contributed by atoms with Crippen LogP contribution in [0.2, 0.25) is 5.02 Å². The molecule has 1 unspecified atom stereocenters. The van der Waals surface area contributed by atoms with Crippen LogP contribution < -0.4 is 0 Å². The zero-order chi connectivity index (χ0) is 25.3. The minimum atomic E-state index is -7.60. The fraction of sp³-hybridized carbons (Fsp3) is 0.471. The van der Waals surface area contributed by atoms with E-state index in [9.17, 15) is 58.2 Å². The number of carbonyl (C=O) groups excluding carboxylic acids is 1. The summed E-state index contributed by atoms with van der Waals surface area (Å²) < 4.78 is 145. The zero-order valence-electron chi connectivity index (χ0n) is 15.3. The highest BCUT2D eigenvalue weighted by atomic mass is 35.5. The topological polar surface area (TPSA) is 46.5 Å². The Morgan fingerprint density at radius 1 is 0.906 bits per heavy atom. The molecule has 1 aromatic rings. The summed E-state index contributed by atoms with van der Waals surface area (Å²) >= 11 is 5.61. The van der Waals surface area contributed by atoms with Crippen molar-refractivity contribution in [3.05, 3.63) is 47.0 Å². The van der Waals surface area contributed by atoms with E-state index in [0.717, 1.165) is 0 Å². The van der Waals surface area contributed by atoms with E-state index >= 15 is 0 Å². The number of halogens is 12. The van der Waals surface area contributed by atoms with E-state index in [1.807, 2.05) is 0 Å². The molecule has 1 N–H and O–H groups in total. The lowest BCUT2D eigenvalue weighted by molar-refractivity contribution is -0.423. The second-order valence-corrected chi connectivity index (χ2v) is 6.81. The molecule has 0 aliphatic heterocycles. The smallest absolute Gasteiger partial charge is 0.456 e. The average molecular weight is 509 g/mol. The third-order valence-corrected chi connectivity index (χ3v) is 4.22. The van der Waals surface area contributed by atoms with E-state index in [4.69, 9.17) is 11.6 Å². The number of aliphatic hydroxyl groups excluding tert-OH is 1. The molecule has 32 heavy (non-hydrogen) atoms. The van der Waals surface area contributed by atoms with E-state index in [1.54, 1.807) is 0 Å². The SMILES string of the molecule is C=C(CC(O)c1ccc(Cl)cc1)C(=O)OCC(F)(F)C(F)(F)C(F)(F)C(F)(F)C(F)(F)F. The Morgan fingerprint density at radius 2 is 1.38 bits per heavy atom. The van der Waals surface area contributed by atoms with E-state index in [1.165, 1.54) is 24.3 Å². The molecule has 0 radical (unpaired) electrons. The molecule has 1 atom stereocenters. The lowest BCUT2D eigenvalue weighted by Crippen LogP contribution is -2.67. The first-order chi connectivity index (χ1) is 14.2. The quantitative estimate of drug-likeness (QED) is 0.254. The molecular formula is C17H12ClF11O3. The minimum Gasteiger partial charge on any atom is -0.456 e. The summed E-state index contributed by atoms with van der Waals surface area (Å²) in [4.78, 5) is 11.6. The van der Waals surface area contributed by atoms with Gasteiger partial charge in [0, 0.05) is 17.0 Å². The second-order valence-electron chi connectivity index (χ2n) is 6.38. The molecule has 1 aromatic carbocycles. The highest BCUT2D eigenvalue weighted by Gasteiger charge is 2.87. The maximum atomic E-state index is 13.5. The fourth-order valence-corrected chi connectivity index (χ4v) is 2.20. The Hall–Kier alpha value is -2.09. The Bertz CT molecular complexity index is 835. The van der Waals surface area contributed by atoms with E-state index in [0.29, 0.717) is 0 Å². The maximum Gasteiger partial charge on any atom is 0.460 e. The van der Waals surface area contributed by atoms with Gasteiger partial charge < -0.3 is 9.84 Å². The number of esters is 1. The van der Waals surface area contributed by atoms with Gasteiger partial charge in [0.1, 0.15) is 0 Å². The van der Waals surface area contributed by atoms with Crippen molar-refractivity contribution in [1.82, 2.24) is 0 Å². The van der Waals surface area contributed by atoms with Gasteiger partial charge in [0.15, 0.2) is 6.61 Å². The van der Waals surface area contributed by atoms with Crippen molar-refractivity contribution in [3.63, 3.8) is 0 Å². The Morgan fingerprint density at radius 3 is 1.81 bits per heavy atom. The van der Waals surface area contributed by atoms with Gasteiger partial charge in [0.2, 0.25) is 0 Å². The van der Waals surface area contributed by atoms with Crippen LogP contribution in [0.25, 0.3) is 0 Å². The van der Waals surface area contributed by atoms with Gasteiger partial charge >= 0.3 is 35.8 Å². The summed E-state index contributed by atoms with van der Waals surface area (Å²) in [5, 5.41) is 10.2. The van der Waals surface area contributed by atoms with Crippen LogP contribution in [0.1, 0.15) is 18.1 Å². The molecule has 0 heterocycles. The van der Waals surface area contributed by atoms with Gasteiger partial charge in [-0.3, -0.25) is 0 Å². The monoisotopic (exact) mass is 508 g/mol. The number of rotatable bonds is 9. The van der Waals surface area contributed by atoms with Crippen LogP contribution in [-0.2, 0) is 9.53 Å². The molecule has 0 saturated carbocycles. The van der Waals surface area contributed by atoms with Crippen molar-refractivity contribution in [1.29, 1.82) is 0 Å². The van der Waals surface area contributed by atoms with Crippen molar-refractivity contribution in [2.75, 3.05) is 6.61 Å². The summed E-state index contributed by atoms with van der Waals surface area (Å²) in [5.74, 6) is -30.7. The van der Waals surface area contributed by atoms with Gasteiger partial charge in [-0.2, -0.15) is 48.3 Å². The van der Waals surface area contributed by atoms with E-state index in [-0.39, 0.29) is 10.6 Å². The van der Waals surface area contributed by atoms with Crippen molar-refractivity contribution in [2.45, 2.75) is 42.4 Å². The molecule has 1 rings (SSSR count). The molecule has 0 saturated heterocycles. The number of aliphatic hydroxyl groups is 1. The molecule has 0 amide bonds. The maximum absolute atomic E-state index is 13.5. The highest BCUT2D eigenvalue weighted by Crippen LogP contribution is 2.57. The predicted molar refractivity (Wildman–Crippen MR) is 87.0 cm³/mol. The van der Waals surface area contributed by atoms with Crippen LogP contribution in [0, 0.1) is 0 Å². The van der Waals surface area contributed by atoms with E-state index in [2.05, 4.69) is 11.3 Å². The lowest BCUT2D eigenvalue weighted by atomic mass is 9.98. The largest absolute Gasteiger partial charge is 0.460 e. The van der Waals surface area contributed by atoms with Crippen LogP contribution in [0.5, 0.6) is 0 Å². The van der Waals surface area contributed by atoms with Crippen LogP contribution in [0.15, 0.2) is 36.4 Å². The fourth-order valence-electron chi connectivity index (χ4n) is 2.07.